The number of ether oxygens (including phenoxy) is 2. The Bertz CT molecular complexity index is 273. The summed E-state index contributed by atoms with van der Waals surface area (Å²) in [5.74, 6) is 0.941. The Morgan fingerprint density at radius 2 is 1.83 bits per heavy atom. The molecule has 1 atom stereocenters. The lowest BCUT2D eigenvalue weighted by atomic mass is 10.1. The highest BCUT2D eigenvalue weighted by molar-refractivity contribution is 5.79. The van der Waals surface area contributed by atoms with Crippen LogP contribution in [-0.4, -0.2) is 52.0 Å². The van der Waals surface area contributed by atoms with Gasteiger partial charge < -0.3 is 20.1 Å². The van der Waals surface area contributed by atoms with Crippen LogP contribution in [0.15, 0.2) is 4.99 Å². The van der Waals surface area contributed by atoms with E-state index < -0.39 is 0 Å². The number of hydrogen-bond acceptors (Lipinski definition) is 3. The number of unbranched alkanes of at least 4 members (excludes halogenated alkanes) is 4. The fourth-order valence-corrected chi connectivity index (χ4v) is 2.25. The Labute approximate surface area is 143 Å². The minimum atomic E-state index is 0.474. The van der Waals surface area contributed by atoms with E-state index in [-0.39, 0.29) is 0 Å². The summed E-state index contributed by atoms with van der Waals surface area (Å²) in [7, 11) is 1.69. The van der Waals surface area contributed by atoms with Crippen LogP contribution in [0, 0.1) is 0 Å². The number of nitrogens with one attached hydrogen (secondary N) is 2. The molecule has 0 amide bonds. The molecule has 1 unspecified atom stereocenters. The van der Waals surface area contributed by atoms with Crippen molar-refractivity contribution in [3.8, 4) is 0 Å². The largest absolute Gasteiger partial charge is 0.382 e. The first-order chi connectivity index (χ1) is 11.2. The third kappa shape index (κ3) is 15.8. The van der Waals surface area contributed by atoms with Gasteiger partial charge in [-0.15, -0.1) is 0 Å². The summed E-state index contributed by atoms with van der Waals surface area (Å²) in [4.78, 5) is 4.65. The predicted octanol–water partition coefficient (Wildman–Crippen LogP) is 3.34. The lowest BCUT2D eigenvalue weighted by molar-refractivity contribution is 0.0690. The molecule has 0 heterocycles. The highest BCUT2D eigenvalue weighted by Crippen LogP contribution is 2.05. The van der Waals surface area contributed by atoms with Crippen molar-refractivity contribution in [1.82, 2.24) is 10.6 Å². The van der Waals surface area contributed by atoms with Crippen LogP contribution < -0.4 is 10.6 Å². The zero-order valence-corrected chi connectivity index (χ0v) is 15.8. The van der Waals surface area contributed by atoms with Gasteiger partial charge in [-0.3, -0.25) is 4.99 Å². The molecular formula is C18H39N3O2. The molecular weight excluding hydrogens is 290 g/mol. The monoisotopic (exact) mass is 329 g/mol. The van der Waals surface area contributed by atoms with Crippen LogP contribution in [0.4, 0.5) is 0 Å². The van der Waals surface area contributed by atoms with Gasteiger partial charge in [-0.25, -0.2) is 0 Å². The molecule has 0 aliphatic carbocycles. The van der Waals surface area contributed by atoms with E-state index in [9.17, 15) is 0 Å². The lowest BCUT2D eigenvalue weighted by Crippen LogP contribution is -2.42. The molecule has 0 fully saturated rings. The van der Waals surface area contributed by atoms with Gasteiger partial charge in [0.15, 0.2) is 5.96 Å². The van der Waals surface area contributed by atoms with Gasteiger partial charge in [0.05, 0.1) is 13.2 Å². The first-order valence-corrected chi connectivity index (χ1v) is 9.36. The molecule has 5 heteroatoms. The van der Waals surface area contributed by atoms with Gasteiger partial charge in [0.25, 0.3) is 0 Å². The van der Waals surface area contributed by atoms with Crippen molar-refractivity contribution >= 4 is 5.96 Å². The second kappa shape index (κ2) is 17.5. The number of hydrogen-bond donors (Lipinski definition) is 2. The molecule has 2 N–H and O–H groups in total. The molecule has 23 heavy (non-hydrogen) atoms. The highest BCUT2D eigenvalue weighted by atomic mass is 16.5. The van der Waals surface area contributed by atoms with E-state index in [4.69, 9.17) is 9.47 Å². The van der Waals surface area contributed by atoms with E-state index in [0.717, 1.165) is 38.5 Å². The second-order valence-electron chi connectivity index (χ2n) is 5.97. The Morgan fingerprint density at radius 1 is 1.00 bits per heavy atom. The third-order valence-electron chi connectivity index (χ3n) is 3.62. The van der Waals surface area contributed by atoms with Gasteiger partial charge in [-0.1, -0.05) is 32.6 Å². The van der Waals surface area contributed by atoms with Gasteiger partial charge in [-0.05, 0) is 33.1 Å². The molecule has 0 bridgehead atoms. The molecule has 5 nitrogen and oxygen atoms in total. The van der Waals surface area contributed by atoms with Gasteiger partial charge in [-0.2, -0.15) is 0 Å². The van der Waals surface area contributed by atoms with E-state index in [1.165, 1.54) is 32.1 Å². The normalized spacial score (nSPS) is 13.1. The average molecular weight is 330 g/mol. The molecule has 0 aromatic rings. The van der Waals surface area contributed by atoms with Crippen molar-refractivity contribution in [2.75, 3.05) is 40.0 Å². The van der Waals surface area contributed by atoms with Crippen molar-refractivity contribution in [2.45, 2.75) is 71.8 Å². The second-order valence-corrected chi connectivity index (χ2v) is 5.97. The molecule has 0 rings (SSSR count). The molecule has 0 spiro atoms. The summed E-state index contributed by atoms with van der Waals surface area (Å²) < 4.78 is 10.4. The summed E-state index contributed by atoms with van der Waals surface area (Å²) >= 11 is 0. The van der Waals surface area contributed by atoms with E-state index in [1.54, 1.807) is 7.11 Å². The summed E-state index contributed by atoms with van der Waals surface area (Å²) in [5.41, 5.74) is 0. The SMILES string of the molecule is CCCCCCC(C)NC(=NCCCCOCCOC)NCC. The standard InChI is InChI=1S/C18H39N3O2/c1-5-7-8-9-12-17(3)21-18(19-6-2)20-13-10-11-14-23-16-15-22-4/h17H,5-16H2,1-4H3,(H2,19,20,21). The topological polar surface area (TPSA) is 54.9 Å². The Hall–Kier alpha value is -0.810. The summed E-state index contributed by atoms with van der Waals surface area (Å²) in [6.45, 7) is 10.5. The number of rotatable bonds is 15. The number of nitrogens with zero attached hydrogens (tertiary/aromatic N) is 1. The van der Waals surface area contributed by atoms with Crippen LogP contribution >= 0.6 is 0 Å². The molecule has 0 saturated carbocycles. The van der Waals surface area contributed by atoms with Crippen LogP contribution in [0.3, 0.4) is 0 Å². The Balaban J connectivity index is 3.80. The molecule has 0 aliphatic rings. The molecule has 0 saturated heterocycles. The highest BCUT2D eigenvalue weighted by Gasteiger charge is 2.04. The summed E-state index contributed by atoms with van der Waals surface area (Å²) in [6.07, 6.45) is 8.55. The van der Waals surface area contributed by atoms with Crippen molar-refractivity contribution in [1.29, 1.82) is 0 Å². The van der Waals surface area contributed by atoms with Crippen LogP contribution in [0.1, 0.15) is 65.7 Å². The van der Waals surface area contributed by atoms with Crippen molar-refractivity contribution in [2.24, 2.45) is 4.99 Å². The fraction of sp³-hybridized carbons (Fsp3) is 0.944. The Morgan fingerprint density at radius 3 is 2.52 bits per heavy atom. The maximum Gasteiger partial charge on any atom is 0.191 e. The van der Waals surface area contributed by atoms with Crippen molar-refractivity contribution < 1.29 is 9.47 Å². The fourth-order valence-electron chi connectivity index (χ4n) is 2.25. The number of aliphatic imine (C=N–C) groups is 1. The minimum absolute atomic E-state index is 0.474. The lowest BCUT2D eigenvalue weighted by Gasteiger charge is -2.17. The molecule has 0 aliphatic heterocycles. The van der Waals surface area contributed by atoms with Gasteiger partial charge in [0.2, 0.25) is 0 Å². The third-order valence-corrected chi connectivity index (χ3v) is 3.62. The maximum atomic E-state index is 5.45. The number of methoxy groups -OCH3 is 1. The molecule has 138 valence electrons. The Kier molecular flexibility index (Phi) is 16.9. The van der Waals surface area contributed by atoms with Crippen LogP contribution in [0.25, 0.3) is 0 Å². The molecule has 0 aromatic carbocycles. The molecule has 0 aromatic heterocycles. The van der Waals surface area contributed by atoms with Crippen molar-refractivity contribution in [3.05, 3.63) is 0 Å². The van der Waals surface area contributed by atoms with Crippen LogP contribution in [-0.2, 0) is 9.47 Å². The van der Waals surface area contributed by atoms with Crippen LogP contribution in [0.2, 0.25) is 0 Å². The van der Waals surface area contributed by atoms with E-state index in [1.807, 2.05) is 0 Å². The van der Waals surface area contributed by atoms with Gasteiger partial charge >= 0.3 is 0 Å². The van der Waals surface area contributed by atoms with E-state index >= 15 is 0 Å². The van der Waals surface area contributed by atoms with E-state index in [0.29, 0.717) is 19.3 Å². The summed E-state index contributed by atoms with van der Waals surface area (Å²) in [5, 5.41) is 6.83. The minimum Gasteiger partial charge on any atom is -0.382 e. The van der Waals surface area contributed by atoms with Crippen molar-refractivity contribution in [3.63, 3.8) is 0 Å². The van der Waals surface area contributed by atoms with Gasteiger partial charge in [0, 0.05) is 32.8 Å². The average Bonchev–Trinajstić information content (AvgIpc) is 2.54. The zero-order valence-electron chi connectivity index (χ0n) is 15.8. The number of guanidine groups is 1. The predicted molar refractivity (Wildman–Crippen MR) is 99.3 cm³/mol. The quantitative estimate of drug-likeness (QED) is 0.275. The zero-order chi connectivity index (χ0) is 17.2. The maximum absolute atomic E-state index is 5.45. The summed E-state index contributed by atoms with van der Waals surface area (Å²) in [6, 6.07) is 0.474. The van der Waals surface area contributed by atoms with E-state index in [2.05, 4.69) is 36.4 Å². The van der Waals surface area contributed by atoms with Gasteiger partial charge in [0.1, 0.15) is 0 Å². The first kappa shape index (κ1) is 22.2. The van der Waals surface area contributed by atoms with Crippen LogP contribution in [0.5, 0.6) is 0 Å². The smallest absolute Gasteiger partial charge is 0.191 e. The first-order valence-electron chi connectivity index (χ1n) is 9.36. The molecule has 0 radical (unpaired) electrons.